The van der Waals surface area contributed by atoms with Crippen molar-refractivity contribution in [2.75, 3.05) is 19.5 Å². The van der Waals surface area contributed by atoms with Crippen LogP contribution in [0.1, 0.15) is 11.1 Å². The second kappa shape index (κ2) is 9.46. The third kappa shape index (κ3) is 5.13. The van der Waals surface area contributed by atoms with Gasteiger partial charge < -0.3 is 14.8 Å². The highest BCUT2D eigenvalue weighted by molar-refractivity contribution is 6.31. The molecule has 0 fully saturated rings. The van der Waals surface area contributed by atoms with Gasteiger partial charge in [-0.1, -0.05) is 42.0 Å². The normalized spacial score (nSPS) is 11.1. The Balaban J connectivity index is 2.21. The van der Waals surface area contributed by atoms with Crippen LogP contribution in [-0.2, 0) is 4.79 Å². The summed E-state index contributed by atoms with van der Waals surface area (Å²) in [5.74, 6) is 0.578. The molecular weight excluding hydrogens is 364 g/mol. The van der Waals surface area contributed by atoms with E-state index in [0.717, 1.165) is 11.1 Å². The number of nitrogens with zero attached hydrogens (tertiary/aromatic N) is 1. The van der Waals surface area contributed by atoms with Gasteiger partial charge in [0.1, 0.15) is 23.1 Å². The van der Waals surface area contributed by atoms with E-state index >= 15 is 0 Å². The van der Waals surface area contributed by atoms with E-state index in [-0.39, 0.29) is 5.57 Å². The van der Waals surface area contributed by atoms with Gasteiger partial charge in [-0.25, -0.2) is 0 Å². The van der Waals surface area contributed by atoms with Crippen molar-refractivity contribution in [3.63, 3.8) is 0 Å². The molecule has 0 aliphatic rings. The first kappa shape index (κ1) is 20.1. The molecule has 0 atom stereocenters. The molecule has 2 rings (SSSR count). The fraction of sp³-hybridized carbons (Fsp3) is 0.143. The largest absolute Gasteiger partial charge is 0.496 e. The number of carbonyl (C=O) groups excluding carboxylic acids is 1. The number of rotatable bonds is 6. The minimum Gasteiger partial charge on any atom is -0.496 e. The Morgan fingerprint density at radius 1 is 1.19 bits per heavy atom. The number of para-hydroxylation sites is 1. The molecule has 138 valence electrons. The number of amides is 1. The Hall–Kier alpha value is -3.23. The fourth-order valence-corrected chi connectivity index (χ4v) is 2.49. The van der Waals surface area contributed by atoms with Crippen molar-refractivity contribution in [1.82, 2.24) is 0 Å². The number of carbonyl (C=O) groups is 1. The minimum atomic E-state index is -0.540. The number of benzene rings is 2. The number of methoxy groups -OCH3 is 2. The predicted octanol–water partition coefficient (Wildman–Crippen LogP) is 4.77. The average molecular weight is 383 g/mol. The third-order valence-electron chi connectivity index (χ3n) is 3.77. The average Bonchev–Trinajstić information content (AvgIpc) is 2.68. The van der Waals surface area contributed by atoms with Crippen molar-refractivity contribution in [2.24, 2.45) is 0 Å². The molecule has 0 aliphatic heterocycles. The second-order valence-electron chi connectivity index (χ2n) is 5.55. The zero-order valence-electron chi connectivity index (χ0n) is 15.2. The lowest BCUT2D eigenvalue weighted by Gasteiger charge is -2.11. The molecule has 1 N–H and O–H groups in total. The van der Waals surface area contributed by atoms with Gasteiger partial charge in [0.2, 0.25) is 0 Å². The van der Waals surface area contributed by atoms with E-state index in [9.17, 15) is 10.1 Å². The highest BCUT2D eigenvalue weighted by Crippen LogP contribution is 2.31. The summed E-state index contributed by atoms with van der Waals surface area (Å²) in [7, 11) is 3.06. The molecule has 0 saturated heterocycles. The summed E-state index contributed by atoms with van der Waals surface area (Å²) in [6.07, 6.45) is 4.83. The lowest BCUT2D eigenvalue weighted by Crippen LogP contribution is -2.14. The van der Waals surface area contributed by atoms with Crippen molar-refractivity contribution >= 4 is 29.3 Å². The van der Waals surface area contributed by atoms with Crippen molar-refractivity contribution in [3.05, 3.63) is 70.3 Å². The van der Waals surface area contributed by atoms with Crippen LogP contribution in [0, 0.1) is 18.3 Å². The number of nitriles is 1. The molecule has 0 bridgehead atoms. The number of halogens is 1. The SMILES string of the molecule is COc1ccccc1/C=C/C=C(\C#N)C(=O)Nc1cc(C)c(Cl)cc1OC. The molecule has 0 saturated carbocycles. The maximum absolute atomic E-state index is 12.4. The van der Waals surface area contributed by atoms with Gasteiger partial charge >= 0.3 is 0 Å². The van der Waals surface area contributed by atoms with E-state index in [4.69, 9.17) is 21.1 Å². The first-order valence-corrected chi connectivity index (χ1v) is 8.45. The Labute approximate surface area is 163 Å². The summed E-state index contributed by atoms with van der Waals surface area (Å²) in [6.45, 7) is 1.81. The summed E-state index contributed by atoms with van der Waals surface area (Å²) in [4.78, 5) is 12.4. The van der Waals surface area contributed by atoms with Crippen molar-refractivity contribution in [1.29, 1.82) is 5.26 Å². The topological polar surface area (TPSA) is 71.3 Å². The summed E-state index contributed by atoms with van der Waals surface area (Å²) in [5, 5.41) is 12.5. The van der Waals surface area contributed by atoms with Gasteiger partial charge in [0.15, 0.2) is 0 Å². The van der Waals surface area contributed by atoms with Crippen LogP contribution in [0.5, 0.6) is 11.5 Å². The maximum Gasteiger partial charge on any atom is 0.266 e. The monoisotopic (exact) mass is 382 g/mol. The molecule has 2 aromatic rings. The molecule has 2 aromatic carbocycles. The van der Waals surface area contributed by atoms with Gasteiger partial charge in [-0.3, -0.25) is 4.79 Å². The highest BCUT2D eigenvalue weighted by Gasteiger charge is 2.13. The van der Waals surface area contributed by atoms with Crippen LogP contribution in [-0.4, -0.2) is 20.1 Å². The van der Waals surface area contributed by atoms with Crippen LogP contribution in [0.25, 0.3) is 6.08 Å². The number of allylic oxidation sites excluding steroid dienone is 2. The maximum atomic E-state index is 12.4. The van der Waals surface area contributed by atoms with Crippen LogP contribution < -0.4 is 14.8 Å². The van der Waals surface area contributed by atoms with Crippen LogP contribution in [0.15, 0.2) is 54.1 Å². The van der Waals surface area contributed by atoms with Gasteiger partial charge in [-0.05, 0) is 30.7 Å². The summed E-state index contributed by atoms with van der Waals surface area (Å²) in [5.41, 5.74) is 2.02. The molecule has 5 nitrogen and oxygen atoms in total. The number of aryl methyl sites for hydroxylation is 1. The smallest absolute Gasteiger partial charge is 0.266 e. The van der Waals surface area contributed by atoms with Gasteiger partial charge in [-0.15, -0.1) is 0 Å². The standard InChI is InChI=1S/C21H19ClN2O3/c1-14-11-18(20(27-3)12-17(14)22)24-21(25)16(13-23)9-6-8-15-7-4-5-10-19(15)26-2/h4-12H,1-3H3,(H,24,25)/b8-6+,16-9+. The van der Waals surface area contributed by atoms with Crippen LogP contribution >= 0.6 is 11.6 Å². The zero-order chi connectivity index (χ0) is 19.8. The van der Waals surface area contributed by atoms with Crippen LogP contribution in [0.3, 0.4) is 0 Å². The summed E-state index contributed by atoms with van der Waals surface area (Å²) >= 11 is 6.07. The Morgan fingerprint density at radius 3 is 2.56 bits per heavy atom. The van der Waals surface area contributed by atoms with E-state index in [1.807, 2.05) is 37.3 Å². The van der Waals surface area contributed by atoms with Crippen molar-refractivity contribution in [3.8, 4) is 17.6 Å². The van der Waals surface area contributed by atoms with Crippen LogP contribution in [0.2, 0.25) is 5.02 Å². The van der Waals surface area contributed by atoms with Crippen molar-refractivity contribution in [2.45, 2.75) is 6.92 Å². The van der Waals surface area contributed by atoms with E-state index in [0.29, 0.717) is 22.2 Å². The van der Waals surface area contributed by atoms with Gasteiger partial charge in [-0.2, -0.15) is 5.26 Å². The fourth-order valence-electron chi connectivity index (χ4n) is 2.34. The molecule has 0 unspecified atom stereocenters. The first-order chi connectivity index (χ1) is 13.0. The Bertz CT molecular complexity index is 943. The van der Waals surface area contributed by atoms with E-state index in [1.165, 1.54) is 13.2 Å². The number of nitrogens with one attached hydrogen (secondary N) is 1. The lowest BCUT2D eigenvalue weighted by atomic mass is 10.1. The molecular formula is C21H19ClN2O3. The molecule has 0 heterocycles. The lowest BCUT2D eigenvalue weighted by molar-refractivity contribution is -0.112. The minimum absolute atomic E-state index is 0.0456. The number of ether oxygens (including phenoxy) is 2. The second-order valence-corrected chi connectivity index (χ2v) is 5.96. The summed E-state index contributed by atoms with van der Waals surface area (Å²) in [6, 6.07) is 12.6. The van der Waals surface area contributed by atoms with Gasteiger partial charge in [0.05, 0.1) is 19.9 Å². The Morgan fingerprint density at radius 2 is 1.89 bits per heavy atom. The predicted molar refractivity (Wildman–Crippen MR) is 107 cm³/mol. The van der Waals surface area contributed by atoms with Gasteiger partial charge in [0.25, 0.3) is 5.91 Å². The molecule has 6 heteroatoms. The van der Waals surface area contributed by atoms with Gasteiger partial charge in [0, 0.05) is 16.7 Å². The number of hydrogen-bond acceptors (Lipinski definition) is 4. The summed E-state index contributed by atoms with van der Waals surface area (Å²) < 4.78 is 10.5. The first-order valence-electron chi connectivity index (χ1n) is 8.07. The quantitative estimate of drug-likeness (QED) is 0.444. The molecule has 1 amide bonds. The molecule has 27 heavy (non-hydrogen) atoms. The zero-order valence-corrected chi connectivity index (χ0v) is 16.0. The Kier molecular flexibility index (Phi) is 7.04. The highest BCUT2D eigenvalue weighted by atomic mass is 35.5. The molecule has 0 aromatic heterocycles. The van der Waals surface area contributed by atoms with E-state index in [2.05, 4.69) is 5.32 Å². The van der Waals surface area contributed by atoms with Crippen LogP contribution in [0.4, 0.5) is 5.69 Å². The number of hydrogen-bond donors (Lipinski definition) is 1. The van der Waals surface area contributed by atoms with E-state index in [1.54, 1.807) is 31.4 Å². The molecule has 0 spiro atoms. The number of anilines is 1. The van der Waals surface area contributed by atoms with Crippen molar-refractivity contribution < 1.29 is 14.3 Å². The molecule has 0 radical (unpaired) electrons. The third-order valence-corrected chi connectivity index (χ3v) is 4.18. The molecule has 0 aliphatic carbocycles. The van der Waals surface area contributed by atoms with E-state index < -0.39 is 5.91 Å².